The van der Waals surface area contributed by atoms with Gasteiger partial charge in [0.25, 0.3) is 5.91 Å². The molecule has 2 N–H and O–H groups in total. The molecule has 3 fully saturated rings. The Hall–Kier alpha value is -3.05. The van der Waals surface area contributed by atoms with Crippen molar-refractivity contribution in [2.45, 2.75) is 83.0 Å². The summed E-state index contributed by atoms with van der Waals surface area (Å²) in [7, 11) is 0. The fourth-order valence-corrected chi connectivity index (χ4v) is 8.39. The number of halogens is 2. The van der Waals surface area contributed by atoms with Crippen molar-refractivity contribution in [2.24, 2.45) is 5.92 Å². The summed E-state index contributed by atoms with van der Waals surface area (Å²) in [6.45, 7) is 6.40. The summed E-state index contributed by atoms with van der Waals surface area (Å²) in [5.74, 6) is -0.460. The highest BCUT2D eigenvalue weighted by Gasteiger charge is 2.41. The maximum Gasteiger partial charge on any atom is 0.257 e. The lowest BCUT2D eigenvalue weighted by atomic mass is 9.89. The molecule has 3 atom stereocenters. The number of thiophene rings is 1. The van der Waals surface area contributed by atoms with Crippen molar-refractivity contribution < 1.29 is 23.5 Å². The van der Waals surface area contributed by atoms with Crippen molar-refractivity contribution in [3.8, 4) is 0 Å². The number of amides is 3. The second kappa shape index (κ2) is 14.4. The number of anilines is 1. The van der Waals surface area contributed by atoms with Crippen LogP contribution >= 0.6 is 22.9 Å². The van der Waals surface area contributed by atoms with Crippen LogP contribution in [-0.2, 0) is 20.7 Å². The summed E-state index contributed by atoms with van der Waals surface area (Å²) < 4.78 is 22.8. The van der Waals surface area contributed by atoms with Gasteiger partial charge in [-0.1, -0.05) is 36.7 Å². The summed E-state index contributed by atoms with van der Waals surface area (Å²) in [5, 5.41) is 8.53. The van der Waals surface area contributed by atoms with E-state index < -0.39 is 5.82 Å². The van der Waals surface area contributed by atoms with E-state index in [1.807, 2.05) is 29.2 Å². The molecule has 2 aliphatic heterocycles. The minimum absolute atomic E-state index is 0.0330. The number of fused-ring (bicyclic) bond motifs is 1. The van der Waals surface area contributed by atoms with Gasteiger partial charge >= 0.3 is 0 Å². The summed E-state index contributed by atoms with van der Waals surface area (Å²) >= 11 is 8.01. The zero-order valence-corrected chi connectivity index (χ0v) is 28.0. The van der Waals surface area contributed by atoms with Crippen LogP contribution in [0.2, 0.25) is 5.02 Å². The number of carbonyl (C=O) groups excluding carboxylic acids is 3. The van der Waals surface area contributed by atoms with E-state index in [0.717, 1.165) is 67.6 Å². The van der Waals surface area contributed by atoms with E-state index in [4.69, 9.17) is 16.3 Å². The van der Waals surface area contributed by atoms with Gasteiger partial charge in [0.15, 0.2) is 0 Å². The third-order valence-corrected chi connectivity index (χ3v) is 11.1. The molecule has 0 bridgehead atoms. The number of hydrogen-bond acceptors (Lipinski definition) is 6. The van der Waals surface area contributed by atoms with Gasteiger partial charge in [-0.15, -0.1) is 11.3 Å². The fraction of sp³-hybridized carbons (Fsp3) is 0.514. The van der Waals surface area contributed by atoms with Gasteiger partial charge < -0.3 is 20.3 Å². The molecule has 1 saturated carbocycles. The first-order valence-corrected chi connectivity index (χ1v) is 17.6. The van der Waals surface area contributed by atoms with Gasteiger partial charge in [-0.3, -0.25) is 19.3 Å². The average Bonchev–Trinajstić information content (AvgIpc) is 3.77. The standard InChI is InChI=1S/C35H42ClFN4O4S/c1-21-7-9-27(10-8-21)45-19-26-15-25(40-12-11-24(17-40)38-22(2)42)18-41(26)34(43)14-23-13-30(36)32(16-31(23)37)39-35(44)29-20-46-33-6-4-3-5-28(29)33/h3-6,13,16,20-21,24-27H,7-12,14-15,17-19H2,1-2H3,(H,38,42)(H,39,44)/t21?,24-,25-,26-,27?/m0/s1. The third-order valence-electron chi connectivity index (χ3n) is 9.79. The second-order valence-corrected chi connectivity index (χ2v) is 14.5. The van der Waals surface area contributed by atoms with Crippen molar-refractivity contribution in [3.05, 3.63) is 63.7 Å². The van der Waals surface area contributed by atoms with Crippen LogP contribution in [0.5, 0.6) is 0 Å². The van der Waals surface area contributed by atoms with Crippen molar-refractivity contribution >= 4 is 56.4 Å². The SMILES string of the molecule is CC(=O)N[C@H]1CCN([C@H]2C[C@@H](COC3CCC(C)CC3)N(C(=O)Cc3cc(Cl)c(NC(=O)c4csc5ccccc45)cc3F)C2)C1. The molecule has 2 aromatic carbocycles. The summed E-state index contributed by atoms with van der Waals surface area (Å²) in [5.41, 5.74) is 0.843. The van der Waals surface area contributed by atoms with Crippen molar-refractivity contribution in [3.63, 3.8) is 0 Å². The summed E-state index contributed by atoms with van der Waals surface area (Å²) in [6.07, 6.45) is 6.07. The fourth-order valence-electron chi connectivity index (χ4n) is 7.21. The Kier molecular flexibility index (Phi) is 10.3. The van der Waals surface area contributed by atoms with Crippen molar-refractivity contribution in [2.75, 3.05) is 31.6 Å². The lowest BCUT2D eigenvalue weighted by Crippen LogP contribution is -2.42. The van der Waals surface area contributed by atoms with Crippen molar-refractivity contribution in [1.29, 1.82) is 0 Å². The van der Waals surface area contributed by atoms with Gasteiger partial charge in [0.05, 0.1) is 41.4 Å². The van der Waals surface area contributed by atoms with Gasteiger partial charge in [-0.2, -0.15) is 0 Å². The van der Waals surface area contributed by atoms with Crippen molar-refractivity contribution in [1.82, 2.24) is 15.1 Å². The number of nitrogens with zero attached hydrogens (tertiary/aromatic N) is 2. The lowest BCUT2D eigenvalue weighted by Gasteiger charge is -2.30. The topological polar surface area (TPSA) is 91.0 Å². The highest BCUT2D eigenvalue weighted by molar-refractivity contribution is 7.17. The van der Waals surface area contributed by atoms with E-state index >= 15 is 4.39 Å². The molecule has 8 nitrogen and oxygen atoms in total. The maximum absolute atomic E-state index is 15.5. The Balaban J connectivity index is 1.13. The number of carbonyl (C=O) groups is 3. The molecule has 6 rings (SSSR count). The Morgan fingerprint density at radius 2 is 1.87 bits per heavy atom. The quantitative estimate of drug-likeness (QED) is 0.281. The highest BCUT2D eigenvalue weighted by Crippen LogP contribution is 2.32. The Morgan fingerprint density at radius 1 is 1.09 bits per heavy atom. The van der Waals surface area contributed by atoms with Gasteiger partial charge in [-0.05, 0) is 68.2 Å². The number of benzene rings is 2. The normalized spacial score (nSPS) is 25.2. The van der Waals surface area contributed by atoms with Crippen LogP contribution in [0.1, 0.15) is 68.3 Å². The summed E-state index contributed by atoms with van der Waals surface area (Å²) in [6, 6.07) is 10.4. The van der Waals surface area contributed by atoms with E-state index in [0.29, 0.717) is 18.7 Å². The monoisotopic (exact) mass is 668 g/mol. The summed E-state index contributed by atoms with van der Waals surface area (Å²) in [4.78, 5) is 42.7. The van der Waals surface area contributed by atoms with Crippen LogP contribution in [0.15, 0.2) is 41.8 Å². The largest absolute Gasteiger partial charge is 0.376 e. The minimum atomic E-state index is -0.596. The molecule has 0 spiro atoms. The molecule has 3 aromatic rings. The molecule has 3 aliphatic rings. The number of likely N-dealkylation sites (tertiary alicyclic amines) is 2. The molecular weight excluding hydrogens is 627 g/mol. The van der Waals surface area contributed by atoms with Gasteiger partial charge in [-0.25, -0.2) is 4.39 Å². The molecule has 3 heterocycles. The molecule has 246 valence electrons. The van der Waals surface area contributed by atoms with Crippen LogP contribution in [0.25, 0.3) is 10.1 Å². The Morgan fingerprint density at radius 3 is 2.65 bits per heavy atom. The van der Waals surface area contributed by atoms with Crippen LogP contribution in [-0.4, -0.2) is 78.0 Å². The number of nitrogens with one attached hydrogen (secondary N) is 2. The zero-order valence-electron chi connectivity index (χ0n) is 26.4. The number of hydrogen-bond donors (Lipinski definition) is 2. The molecule has 2 saturated heterocycles. The first-order valence-electron chi connectivity index (χ1n) is 16.3. The first-order chi connectivity index (χ1) is 22.1. The average molecular weight is 669 g/mol. The molecule has 0 radical (unpaired) electrons. The van der Waals surface area contributed by atoms with Crippen LogP contribution in [0.4, 0.5) is 10.1 Å². The molecule has 46 heavy (non-hydrogen) atoms. The van der Waals surface area contributed by atoms with Gasteiger partial charge in [0.2, 0.25) is 11.8 Å². The lowest BCUT2D eigenvalue weighted by molar-refractivity contribution is -0.133. The molecule has 1 aliphatic carbocycles. The second-order valence-electron chi connectivity index (χ2n) is 13.2. The Bertz CT molecular complexity index is 1590. The zero-order chi connectivity index (χ0) is 32.4. The Labute approximate surface area is 278 Å². The predicted octanol–water partition coefficient (Wildman–Crippen LogP) is 6.26. The van der Waals surface area contributed by atoms with Crippen LogP contribution < -0.4 is 10.6 Å². The van der Waals surface area contributed by atoms with Gasteiger partial charge in [0.1, 0.15) is 5.82 Å². The van der Waals surface area contributed by atoms with E-state index in [9.17, 15) is 14.4 Å². The van der Waals surface area contributed by atoms with Gasteiger partial charge in [0, 0.05) is 54.1 Å². The first kappa shape index (κ1) is 32.9. The minimum Gasteiger partial charge on any atom is -0.376 e. The molecule has 0 unspecified atom stereocenters. The molecular formula is C35H42ClFN4O4S. The molecule has 11 heteroatoms. The van der Waals surface area contributed by atoms with Crippen LogP contribution in [0.3, 0.4) is 0 Å². The smallest absolute Gasteiger partial charge is 0.257 e. The maximum atomic E-state index is 15.5. The third kappa shape index (κ3) is 7.56. The van der Waals surface area contributed by atoms with Crippen LogP contribution in [0, 0.1) is 11.7 Å². The number of ether oxygens (including phenoxy) is 1. The predicted molar refractivity (Wildman–Crippen MR) is 180 cm³/mol. The van der Waals surface area contributed by atoms with E-state index in [1.165, 1.54) is 30.4 Å². The molecule has 3 amide bonds. The van der Waals surface area contributed by atoms with E-state index in [2.05, 4.69) is 22.5 Å². The number of rotatable bonds is 9. The highest BCUT2D eigenvalue weighted by atomic mass is 35.5. The van der Waals surface area contributed by atoms with E-state index in [-0.39, 0.29) is 64.6 Å². The van der Waals surface area contributed by atoms with E-state index in [1.54, 1.807) is 5.38 Å². The molecule has 1 aromatic heterocycles.